The third-order valence-electron chi connectivity index (χ3n) is 14.8. The Kier molecular flexibility index (Phi) is 56.4. The molecule has 0 aromatic rings. The Labute approximate surface area is 505 Å². The summed E-state index contributed by atoms with van der Waals surface area (Å²) in [6, 6.07) is 0. The van der Waals surface area contributed by atoms with E-state index in [1.807, 2.05) is 0 Å². The van der Waals surface area contributed by atoms with E-state index in [-0.39, 0.29) is 25.7 Å². The molecule has 2 unspecified atom stereocenters. The zero-order valence-corrected chi connectivity index (χ0v) is 55.1. The molecule has 0 rings (SSSR count). The molecule has 492 valence electrons. The average Bonchev–Trinajstić information content (AvgIpc) is 3.46. The molecule has 0 aliphatic heterocycles. The van der Waals surface area contributed by atoms with Gasteiger partial charge in [-0.1, -0.05) is 272 Å². The van der Waals surface area contributed by atoms with Gasteiger partial charge >= 0.3 is 39.5 Å². The van der Waals surface area contributed by atoms with Gasteiger partial charge in [-0.15, -0.1) is 0 Å². The minimum Gasteiger partial charge on any atom is -0.462 e. The predicted octanol–water partition coefficient (Wildman–Crippen LogP) is 17.8. The first kappa shape index (κ1) is 81.1. The normalized spacial score (nSPS) is 14.2. The molecule has 0 heterocycles. The quantitative estimate of drug-likeness (QED) is 0.0222. The second-order valence-corrected chi connectivity index (χ2v) is 26.5. The van der Waals surface area contributed by atoms with E-state index in [1.54, 1.807) is 0 Å². The highest BCUT2D eigenvalue weighted by atomic mass is 31.2. The minimum atomic E-state index is -4.94. The summed E-state index contributed by atoms with van der Waals surface area (Å²) in [7, 11) is -9.87. The Balaban J connectivity index is 5.15. The summed E-state index contributed by atoms with van der Waals surface area (Å²) < 4.78 is 67.8. The lowest BCUT2D eigenvalue weighted by molar-refractivity contribution is -0.161. The fourth-order valence-corrected chi connectivity index (χ4v) is 11.2. The summed E-state index contributed by atoms with van der Waals surface area (Å²) in [5.74, 6) is -1.37. The number of hydrogen-bond donors (Lipinski definition) is 3. The summed E-state index contributed by atoms with van der Waals surface area (Å²) in [5, 5.41) is 10.5. The Morgan fingerprint density at radius 1 is 0.325 bits per heavy atom. The standard InChI is InChI=1S/C64H124O17P2/c1-6-9-12-15-17-19-20-21-22-23-24-27-31-35-40-45-50-64(69)81-60(54-75-62(67)48-43-38-34-30-28-25-26-29-32-37-41-46-57(4)5)56-79-83(72,73)77-52-58(65)51-76-82(70,71)78-55-59(53-74-61(66)47-42-36-14-11-8-3)80-63(68)49-44-39-33-18-16-13-10-7-2/h57-60,65H,6-56H2,1-5H3,(H,70,71)(H,72,73)/t58-,59+,60+/m0/s1. The fraction of sp³-hybridized carbons (Fsp3) is 0.938. The summed E-state index contributed by atoms with van der Waals surface area (Å²) in [5.41, 5.74) is 0. The number of carbonyl (C=O) groups is 4. The van der Waals surface area contributed by atoms with Gasteiger partial charge in [0, 0.05) is 25.7 Å². The van der Waals surface area contributed by atoms with Gasteiger partial charge in [-0.3, -0.25) is 37.3 Å². The Morgan fingerprint density at radius 2 is 0.554 bits per heavy atom. The second-order valence-electron chi connectivity index (χ2n) is 23.6. The monoisotopic (exact) mass is 1230 g/mol. The van der Waals surface area contributed by atoms with Crippen molar-refractivity contribution in [1.82, 2.24) is 0 Å². The maximum absolute atomic E-state index is 13.0. The Hall–Kier alpha value is -1.94. The van der Waals surface area contributed by atoms with Crippen LogP contribution in [0.15, 0.2) is 0 Å². The molecule has 0 fully saturated rings. The van der Waals surface area contributed by atoms with Crippen molar-refractivity contribution in [3.63, 3.8) is 0 Å². The maximum Gasteiger partial charge on any atom is 0.472 e. The van der Waals surface area contributed by atoms with Gasteiger partial charge in [-0.05, 0) is 31.6 Å². The van der Waals surface area contributed by atoms with Crippen LogP contribution < -0.4 is 0 Å². The lowest BCUT2D eigenvalue weighted by atomic mass is 10.0. The molecular weight excluding hydrogens is 1100 g/mol. The van der Waals surface area contributed by atoms with Crippen LogP contribution in [0.3, 0.4) is 0 Å². The summed E-state index contributed by atoms with van der Waals surface area (Å²) in [4.78, 5) is 71.9. The van der Waals surface area contributed by atoms with Gasteiger partial charge in [0.15, 0.2) is 12.2 Å². The van der Waals surface area contributed by atoms with E-state index in [0.29, 0.717) is 25.7 Å². The van der Waals surface area contributed by atoms with Crippen molar-refractivity contribution >= 4 is 39.5 Å². The molecule has 0 aromatic heterocycles. The van der Waals surface area contributed by atoms with E-state index in [1.165, 1.54) is 135 Å². The molecule has 0 saturated carbocycles. The van der Waals surface area contributed by atoms with Gasteiger partial charge in [-0.2, -0.15) is 0 Å². The number of aliphatic hydroxyl groups excluding tert-OH is 1. The van der Waals surface area contributed by atoms with Crippen LogP contribution in [0.5, 0.6) is 0 Å². The van der Waals surface area contributed by atoms with Crippen molar-refractivity contribution in [3.8, 4) is 0 Å². The maximum atomic E-state index is 13.0. The SMILES string of the molecule is CCCCCCCCCCCCCCCCCCC(=O)O[C@H](COC(=O)CCCCCCCCCCCCCC(C)C)COP(=O)(O)OC[C@@H](O)COP(=O)(O)OC[C@@H](COC(=O)CCCCCCC)OC(=O)CCCCCCCCCC. The van der Waals surface area contributed by atoms with Gasteiger partial charge in [0.2, 0.25) is 0 Å². The zero-order chi connectivity index (χ0) is 61.3. The molecule has 17 nitrogen and oxygen atoms in total. The Morgan fingerprint density at radius 3 is 0.819 bits per heavy atom. The molecule has 5 atom stereocenters. The second kappa shape index (κ2) is 57.8. The van der Waals surface area contributed by atoms with E-state index in [2.05, 4.69) is 34.6 Å². The first-order valence-corrected chi connectivity index (χ1v) is 36.6. The van der Waals surface area contributed by atoms with Crippen molar-refractivity contribution in [2.45, 2.75) is 342 Å². The number of hydrogen-bond acceptors (Lipinski definition) is 15. The number of aliphatic hydroxyl groups is 1. The Bertz CT molecular complexity index is 1620. The van der Waals surface area contributed by atoms with Crippen LogP contribution in [0.4, 0.5) is 0 Å². The molecule has 0 saturated heterocycles. The molecule has 0 aromatic carbocycles. The molecule has 83 heavy (non-hydrogen) atoms. The number of carbonyl (C=O) groups excluding carboxylic acids is 4. The topological polar surface area (TPSA) is 237 Å². The minimum absolute atomic E-state index is 0.104. The first-order valence-electron chi connectivity index (χ1n) is 33.6. The van der Waals surface area contributed by atoms with Crippen LogP contribution in [-0.2, 0) is 65.4 Å². The van der Waals surface area contributed by atoms with Crippen LogP contribution >= 0.6 is 15.6 Å². The van der Waals surface area contributed by atoms with Crippen molar-refractivity contribution in [3.05, 3.63) is 0 Å². The lowest BCUT2D eigenvalue weighted by Gasteiger charge is -2.21. The lowest BCUT2D eigenvalue weighted by Crippen LogP contribution is -2.30. The smallest absolute Gasteiger partial charge is 0.462 e. The van der Waals surface area contributed by atoms with Crippen LogP contribution in [0.1, 0.15) is 324 Å². The van der Waals surface area contributed by atoms with Crippen molar-refractivity contribution in [1.29, 1.82) is 0 Å². The molecule has 0 bridgehead atoms. The van der Waals surface area contributed by atoms with E-state index >= 15 is 0 Å². The fourth-order valence-electron chi connectivity index (χ4n) is 9.58. The number of phosphoric ester groups is 2. The van der Waals surface area contributed by atoms with E-state index in [0.717, 1.165) is 109 Å². The third kappa shape index (κ3) is 58.8. The average molecular weight is 1230 g/mol. The van der Waals surface area contributed by atoms with Crippen molar-refractivity contribution in [2.24, 2.45) is 5.92 Å². The molecule has 0 aliphatic rings. The summed E-state index contributed by atoms with van der Waals surface area (Å²) in [6.07, 6.45) is 42.1. The molecule has 0 spiro atoms. The number of esters is 4. The van der Waals surface area contributed by atoms with Gasteiger partial charge in [0.25, 0.3) is 0 Å². The van der Waals surface area contributed by atoms with Crippen molar-refractivity contribution in [2.75, 3.05) is 39.6 Å². The number of rotatable bonds is 64. The third-order valence-corrected chi connectivity index (χ3v) is 16.7. The van der Waals surface area contributed by atoms with Gasteiger partial charge < -0.3 is 33.8 Å². The number of phosphoric acid groups is 2. The highest BCUT2D eigenvalue weighted by molar-refractivity contribution is 7.47. The van der Waals surface area contributed by atoms with E-state index in [4.69, 9.17) is 37.0 Å². The molecule has 3 N–H and O–H groups in total. The highest BCUT2D eigenvalue weighted by Crippen LogP contribution is 2.45. The van der Waals surface area contributed by atoms with Crippen LogP contribution in [0.2, 0.25) is 0 Å². The van der Waals surface area contributed by atoms with Crippen LogP contribution in [-0.4, -0.2) is 96.7 Å². The highest BCUT2D eigenvalue weighted by Gasteiger charge is 2.30. The predicted molar refractivity (Wildman–Crippen MR) is 331 cm³/mol. The molecule has 0 radical (unpaired) electrons. The molecule has 0 amide bonds. The van der Waals surface area contributed by atoms with Crippen LogP contribution in [0, 0.1) is 5.92 Å². The van der Waals surface area contributed by atoms with Gasteiger partial charge in [0.05, 0.1) is 26.4 Å². The summed E-state index contributed by atoms with van der Waals surface area (Å²) >= 11 is 0. The number of unbranched alkanes of at least 4 members (excludes halogenated alkanes) is 36. The van der Waals surface area contributed by atoms with E-state index in [9.17, 15) is 43.2 Å². The largest absolute Gasteiger partial charge is 0.472 e. The van der Waals surface area contributed by atoms with Gasteiger partial charge in [-0.25, -0.2) is 9.13 Å². The summed E-state index contributed by atoms with van der Waals surface area (Å²) in [6.45, 7) is 7.09. The molecule has 19 heteroatoms. The van der Waals surface area contributed by atoms with Crippen molar-refractivity contribution < 1.29 is 80.2 Å². The molecule has 0 aliphatic carbocycles. The van der Waals surface area contributed by atoms with E-state index < -0.39 is 97.5 Å². The van der Waals surface area contributed by atoms with Crippen LogP contribution in [0.25, 0.3) is 0 Å². The molecular formula is C64H124O17P2. The first-order chi connectivity index (χ1) is 40.0. The number of ether oxygens (including phenoxy) is 4. The van der Waals surface area contributed by atoms with Gasteiger partial charge in [0.1, 0.15) is 19.3 Å². The zero-order valence-electron chi connectivity index (χ0n) is 53.3.